The van der Waals surface area contributed by atoms with Gasteiger partial charge in [-0.25, -0.2) is 8.42 Å². The maximum Gasteiger partial charge on any atom is 0.243 e. The molecule has 2 aliphatic rings. The maximum absolute atomic E-state index is 13.4. The van der Waals surface area contributed by atoms with Crippen LogP contribution in [0.3, 0.4) is 0 Å². The molecule has 2 aromatic rings. The molecule has 7 nitrogen and oxygen atoms in total. The van der Waals surface area contributed by atoms with Gasteiger partial charge in [-0.15, -0.1) is 0 Å². The first kappa shape index (κ1) is 25.8. The highest BCUT2D eigenvalue weighted by molar-refractivity contribution is 7.89. The Balaban J connectivity index is 1.40. The van der Waals surface area contributed by atoms with E-state index in [-0.39, 0.29) is 23.3 Å². The van der Waals surface area contributed by atoms with E-state index >= 15 is 0 Å². The van der Waals surface area contributed by atoms with E-state index < -0.39 is 10.0 Å². The number of aryl methyl sites for hydroxylation is 2. The molecule has 0 spiro atoms. The van der Waals surface area contributed by atoms with Gasteiger partial charge < -0.3 is 14.5 Å². The van der Waals surface area contributed by atoms with Crippen molar-refractivity contribution in [1.82, 2.24) is 9.21 Å². The van der Waals surface area contributed by atoms with Crippen molar-refractivity contribution in [3.8, 4) is 5.75 Å². The molecule has 0 radical (unpaired) electrons. The summed E-state index contributed by atoms with van der Waals surface area (Å²) in [4.78, 5) is 17.7. The van der Waals surface area contributed by atoms with Crippen molar-refractivity contribution in [1.29, 1.82) is 0 Å². The first-order chi connectivity index (χ1) is 16.7. The number of nitrogens with zero attached hydrogens (tertiary/aromatic N) is 3. The lowest BCUT2D eigenvalue weighted by Gasteiger charge is -2.40. The summed E-state index contributed by atoms with van der Waals surface area (Å²) in [6.07, 6.45) is 1.38. The number of halogens is 1. The van der Waals surface area contributed by atoms with Crippen molar-refractivity contribution >= 4 is 33.2 Å². The second-order valence-electron chi connectivity index (χ2n) is 9.31. The Bertz CT molecular complexity index is 1180. The fourth-order valence-corrected chi connectivity index (χ4v) is 6.74. The summed E-state index contributed by atoms with van der Waals surface area (Å²) < 4.78 is 33.7. The lowest BCUT2D eigenvalue weighted by atomic mass is 9.97. The van der Waals surface area contributed by atoms with Gasteiger partial charge in [0.05, 0.1) is 17.4 Å². The van der Waals surface area contributed by atoms with E-state index in [1.807, 2.05) is 36.9 Å². The molecule has 0 saturated carbocycles. The minimum atomic E-state index is -3.68. The number of carbonyl (C=O) groups is 1. The van der Waals surface area contributed by atoms with Crippen LogP contribution in [0, 0.1) is 19.8 Å². The smallest absolute Gasteiger partial charge is 0.243 e. The Hall–Kier alpha value is -2.29. The molecule has 2 saturated heterocycles. The van der Waals surface area contributed by atoms with Crippen LogP contribution >= 0.6 is 11.6 Å². The van der Waals surface area contributed by atoms with E-state index in [4.69, 9.17) is 16.3 Å². The molecule has 0 bridgehead atoms. The molecular formula is C26H34ClN3O4S. The lowest BCUT2D eigenvalue weighted by molar-refractivity contribution is -0.137. The molecule has 35 heavy (non-hydrogen) atoms. The van der Waals surface area contributed by atoms with Gasteiger partial charge >= 0.3 is 0 Å². The minimum Gasteiger partial charge on any atom is -0.494 e. The number of carbonyl (C=O) groups excluding carboxylic acids is 1. The summed E-state index contributed by atoms with van der Waals surface area (Å²) >= 11 is 6.19. The number of hydrogen-bond acceptors (Lipinski definition) is 5. The number of piperazine rings is 1. The van der Waals surface area contributed by atoms with Crippen molar-refractivity contribution in [2.75, 3.05) is 50.8 Å². The van der Waals surface area contributed by atoms with E-state index in [0.717, 1.165) is 29.9 Å². The molecule has 9 heteroatoms. The monoisotopic (exact) mass is 519 g/mol. The standard InChI is InChI=1S/C26H34ClN3O4S/c1-4-34-25-10-9-23(16-20(25)3)35(32,33)30-11-5-6-21(18-30)26(31)29-14-12-28(13-15-29)24-17-22(27)8-7-19(24)2/h7-10,16-17,21H,4-6,11-15,18H2,1-3H3/t21-/m1/s1. The van der Waals surface area contributed by atoms with Gasteiger partial charge in [-0.2, -0.15) is 4.31 Å². The van der Waals surface area contributed by atoms with Crippen molar-refractivity contribution < 1.29 is 17.9 Å². The molecule has 190 valence electrons. The molecular weight excluding hydrogens is 486 g/mol. The SMILES string of the molecule is CCOc1ccc(S(=O)(=O)N2CCC[C@@H](C(=O)N3CCN(c4cc(Cl)ccc4C)CC3)C2)cc1C. The molecule has 0 N–H and O–H groups in total. The Labute approximate surface area is 213 Å². The second-order valence-corrected chi connectivity index (χ2v) is 11.7. The molecule has 4 rings (SSSR count). The molecule has 2 fully saturated rings. The van der Waals surface area contributed by atoms with Gasteiger partial charge in [-0.3, -0.25) is 4.79 Å². The molecule has 0 aliphatic carbocycles. The van der Waals surface area contributed by atoms with Crippen molar-refractivity contribution in [3.63, 3.8) is 0 Å². The van der Waals surface area contributed by atoms with Crippen LogP contribution in [0.4, 0.5) is 5.69 Å². The third-order valence-corrected chi connectivity index (χ3v) is 9.02. The summed E-state index contributed by atoms with van der Waals surface area (Å²) in [7, 11) is -3.68. The van der Waals surface area contributed by atoms with Crippen LogP contribution in [0.2, 0.25) is 5.02 Å². The zero-order valence-corrected chi connectivity index (χ0v) is 22.2. The molecule has 2 heterocycles. The van der Waals surface area contributed by atoms with Crippen LogP contribution in [-0.4, -0.2) is 69.4 Å². The van der Waals surface area contributed by atoms with E-state index in [1.165, 1.54) is 4.31 Å². The van der Waals surface area contributed by atoms with E-state index in [9.17, 15) is 13.2 Å². The normalized spacial score (nSPS) is 19.6. The van der Waals surface area contributed by atoms with E-state index in [1.54, 1.807) is 18.2 Å². The number of ether oxygens (including phenoxy) is 1. The highest BCUT2D eigenvalue weighted by Crippen LogP contribution is 2.29. The average Bonchev–Trinajstić information content (AvgIpc) is 2.86. The second kappa shape index (κ2) is 10.8. The Morgan fingerprint density at radius 3 is 2.46 bits per heavy atom. The number of hydrogen-bond donors (Lipinski definition) is 0. The summed E-state index contributed by atoms with van der Waals surface area (Å²) in [6.45, 7) is 9.67. The third kappa shape index (κ3) is 5.60. The largest absolute Gasteiger partial charge is 0.494 e. The highest BCUT2D eigenvalue weighted by atomic mass is 35.5. The fraction of sp³-hybridized carbons (Fsp3) is 0.500. The number of piperidine rings is 1. The van der Waals surface area contributed by atoms with Crippen molar-refractivity contribution in [2.24, 2.45) is 5.92 Å². The van der Waals surface area contributed by atoms with Crippen LogP contribution < -0.4 is 9.64 Å². The van der Waals surface area contributed by atoms with Crippen molar-refractivity contribution in [3.05, 3.63) is 52.5 Å². The summed E-state index contributed by atoms with van der Waals surface area (Å²) in [6, 6.07) is 10.8. The quantitative estimate of drug-likeness (QED) is 0.574. The first-order valence-electron chi connectivity index (χ1n) is 12.2. The Kier molecular flexibility index (Phi) is 7.93. The topological polar surface area (TPSA) is 70.2 Å². The van der Waals surface area contributed by atoms with Gasteiger partial charge in [0.2, 0.25) is 15.9 Å². The van der Waals surface area contributed by atoms with Gasteiger partial charge in [0.15, 0.2) is 0 Å². The summed E-state index contributed by atoms with van der Waals surface area (Å²) in [5, 5.41) is 0.704. The Morgan fingerprint density at radius 1 is 1.03 bits per heavy atom. The highest BCUT2D eigenvalue weighted by Gasteiger charge is 2.36. The minimum absolute atomic E-state index is 0.0511. The molecule has 2 aliphatic heterocycles. The Morgan fingerprint density at radius 2 is 1.77 bits per heavy atom. The number of anilines is 1. The zero-order chi connectivity index (χ0) is 25.2. The number of amides is 1. The predicted molar refractivity (Wildman–Crippen MR) is 139 cm³/mol. The maximum atomic E-state index is 13.4. The van der Waals surface area contributed by atoms with Gasteiger partial charge in [0.25, 0.3) is 0 Å². The predicted octanol–water partition coefficient (Wildman–Crippen LogP) is 4.11. The summed E-state index contributed by atoms with van der Waals surface area (Å²) in [5.41, 5.74) is 3.04. The fourth-order valence-electron chi connectivity index (χ4n) is 4.96. The average molecular weight is 520 g/mol. The molecule has 1 atom stereocenters. The molecule has 2 aromatic carbocycles. The van der Waals surface area contributed by atoms with Crippen LogP contribution in [-0.2, 0) is 14.8 Å². The molecule has 0 unspecified atom stereocenters. The van der Waals surface area contributed by atoms with Crippen LogP contribution in [0.5, 0.6) is 5.75 Å². The first-order valence-corrected chi connectivity index (χ1v) is 14.1. The van der Waals surface area contributed by atoms with E-state index in [2.05, 4.69) is 11.8 Å². The van der Waals surface area contributed by atoms with Gasteiger partial charge in [0.1, 0.15) is 5.75 Å². The number of rotatable bonds is 6. The van der Waals surface area contributed by atoms with Gasteiger partial charge in [-0.05, 0) is 75.1 Å². The number of benzene rings is 2. The zero-order valence-electron chi connectivity index (χ0n) is 20.7. The van der Waals surface area contributed by atoms with E-state index in [0.29, 0.717) is 49.9 Å². The molecule has 0 aromatic heterocycles. The van der Waals surface area contributed by atoms with Gasteiger partial charge in [0, 0.05) is 50.0 Å². The lowest BCUT2D eigenvalue weighted by Crippen LogP contribution is -2.53. The number of sulfonamides is 1. The molecule has 1 amide bonds. The van der Waals surface area contributed by atoms with Gasteiger partial charge in [-0.1, -0.05) is 17.7 Å². The third-order valence-electron chi connectivity index (χ3n) is 6.92. The summed E-state index contributed by atoms with van der Waals surface area (Å²) in [5.74, 6) is 0.419. The van der Waals surface area contributed by atoms with Crippen LogP contribution in [0.1, 0.15) is 30.9 Å². The van der Waals surface area contributed by atoms with Crippen LogP contribution in [0.25, 0.3) is 0 Å². The van der Waals surface area contributed by atoms with Crippen molar-refractivity contribution in [2.45, 2.75) is 38.5 Å². The van der Waals surface area contributed by atoms with Crippen LogP contribution in [0.15, 0.2) is 41.3 Å².